The lowest BCUT2D eigenvalue weighted by atomic mass is 10.1. The molecule has 28 heavy (non-hydrogen) atoms. The van der Waals surface area contributed by atoms with E-state index in [0.29, 0.717) is 10.2 Å². The lowest BCUT2D eigenvalue weighted by Gasteiger charge is -2.25. The maximum Gasteiger partial charge on any atom is 0.337 e. The summed E-state index contributed by atoms with van der Waals surface area (Å²) >= 11 is 4.80. The highest BCUT2D eigenvalue weighted by Gasteiger charge is 2.23. The molecule has 0 aliphatic heterocycles. The molecule has 0 saturated heterocycles. The number of rotatable bonds is 7. The van der Waals surface area contributed by atoms with Gasteiger partial charge in [0.25, 0.3) is 0 Å². The van der Waals surface area contributed by atoms with Crippen LogP contribution in [0.4, 0.5) is 5.69 Å². The van der Waals surface area contributed by atoms with Crippen molar-refractivity contribution in [1.82, 2.24) is 0 Å². The average Bonchev–Trinajstić information content (AvgIpc) is 3.19. The summed E-state index contributed by atoms with van der Waals surface area (Å²) in [5, 5.41) is 11.6. The normalized spacial score (nSPS) is 10.5. The molecule has 1 aromatic heterocycles. The Bertz CT molecular complexity index is 971. The Hall–Kier alpha value is -2.64. The largest absolute Gasteiger partial charge is 0.497 e. The van der Waals surface area contributed by atoms with Crippen LogP contribution in [0, 0.1) is 0 Å². The first-order valence-electron chi connectivity index (χ1n) is 8.46. The molecule has 0 aliphatic rings. The molecule has 1 N–H and O–H groups in total. The Morgan fingerprint density at radius 3 is 2.50 bits per heavy atom. The molecule has 0 fully saturated rings. The number of aromatic carboxylic acids is 1. The third-order valence-electron chi connectivity index (χ3n) is 4.19. The quantitative estimate of drug-likeness (QED) is 0.540. The monoisotopic (exact) mass is 459 g/mol. The smallest absolute Gasteiger partial charge is 0.337 e. The zero-order valence-corrected chi connectivity index (χ0v) is 17.5. The molecule has 0 atom stereocenters. The number of nitrogens with zero attached hydrogens (tertiary/aromatic N) is 1. The maximum atomic E-state index is 13.1. The Labute approximate surface area is 175 Å². The third-order valence-corrected chi connectivity index (χ3v) is 5.56. The van der Waals surface area contributed by atoms with E-state index < -0.39 is 5.97 Å². The molecule has 7 heteroatoms. The van der Waals surface area contributed by atoms with E-state index in [-0.39, 0.29) is 24.4 Å². The first-order chi connectivity index (χ1) is 13.5. The van der Waals surface area contributed by atoms with Gasteiger partial charge in [0.2, 0.25) is 5.91 Å². The van der Waals surface area contributed by atoms with Crippen molar-refractivity contribution in [1.29, 1.82) is 0 Å². The third kappa shape index (κ3) is 4.79. The number of carboxylic acid groups (broad SMARTS) is 1. The van der Waals surface area contributed by atoms with Crippen molar-refractivity contribution in [2.75, 3.05) is 12.0 Å². The van der Waals surface area contributed by atoms with E-state index in [2.05, 4.69) is 15.9 Å². The van der Waals surface area contributed by atoms with E-state index in [1.54, 1.807) is 19.2 Å². The van der Waals surface area contributed by atoms with Crippen LogP contribution >= 0.6 is 27.3 Å². The van der Waals surface area contributed by atoms with Gasteiger partial charge in [-0.2, -0.15) is 0 Å². The summed E-state index contributed by atoms with van der Waals surface area (Å²) in [5.41, 5.74) is 1.31. The molecular weight excluding hydrogens is 442 g/mol. The van der Waals surface area contributed by atoms with E-state index in [0.717, 1.165) is 16.2 Å². The van der Waals surface area contributed by atoms with Crippen LogP contribution in [0.25, 0.3) is 0 Å². The Kier molecular flexibility index (Phi) is 6.49. The number of ether oxygens (including phenoxy) is 1. The number of hydrogen-bond donors (Lipinski definition) is 1. The molecule has 5 nitrogen and oxygen atoms in total. The van der Waals surface area contributed by atoms with Gasteiger partial charge in [0, 0.05) is 9.35 Å². The molecule has 0 aliphatic carbocycles. The van der Waals surface area contributed by atoms with Crippen LogP contribution in [-0.4, -0.2) is 24.1 Å². The number of carbonyl (C=O) groups excluding carboxylic acids is 1. The van der Waals surface area contributed by atoms with E-state index in [1.165, 1.54) is 22.3 Å². The lowest BCUT2D eigenvalue weighted by molar-refractivity contribution is -0.118. The molecule has 2 aromatic carbocycles. The number of carbonyl (C=O) groups is 2. The van der Waals surface area contributed by atoms with Gasteiger partial charge in [-0.1, -0.05) is 34.1 Å². The van der Waals surface area contributed by atoms with Crippen molar-refractivity contribution in [2.24, 2.45) is 0 Å². The number of halogens is 1. The van der Waals surface area contributed by atoms with Gasteiger partial charge >= 0.3 is 5.97 Å². The van der Waals surface area contributed by atoms with Crippen LogP contribution in [0.5, 0.6) is 5.75 Å². The Morgan fingerprint density at radius 1 is 1.14 bits per heavy atom. The summed E-state index contributed by atoms with van der Waals surface area (Å²) in [6.45, 7) is 0.260. The fraction of sp³-hybridized carbons (Fsp3) is 0.143. The van der Waals surface area contributed by atoms with E-state index >= 15 is 0 Å². The minimum Gasteiger partial charge on any atom is -0.497 e. The number of benzene rings is 2. The van der Waals surface area contributed by atoms with Crippen molar-refractivity contribution >= 4 is 44.8 Å². The molecular formula is C21H18BrNO4S. The topological polar surface area (TPSA) is 66.8 Å². The Morgan fingerprint density at radius 2 is 1.89 bits per heavy atom. The van der Waals surface area contributed by atoms with Gasteiger partial charge in [-0.25, -0.2) is 4.79 Å². The number of amides is 1. The maximum absolute atomic E-state index is 13.1. The molecule has 0 spiro atoms. The van der Waals surface area contributed by atoms with Gasteiger partial charge in [-0.05, 0) is 47.3 Å². The SMILES string of the molecule is COc1ccc(CN(C(=O)Cc2cccs2)c2ccc(Br)cc2C(=O)O)cc1. The van der Waals surface area contributed by atoms with Crippen molar-refractivity contribution in [2.45, 2.75) is 13.0 Å². The van der Waals surface area contributed by atoms with Gasteiger partial charge < -0.3 is 14.7 Å². The lowest BCUT2D eigenvalue weighted by Crippen LogP contribution is -2.33. The molecule has 1 heterocycles. The second kappa shape index (κ2) is 9.03. The summed E-state index contributed by atoms with van der Waals surface area (Å²) < 4.78 is 5.82. The molecule has 0 saturated carbocycles. The number of hydrogen-bond acceptors (Lipinski definition) is 4. The molecule has 1 amide bonds. The zero-order valence-electron chi connectivity index (χ0n) is 15.1. The molecule has 3 rings (SSSR count). The first kappa shape index (κ1) is 20.1. The van der Waals surface area contributed by atoms with E-state index in [4.69, 9.17) is 4.74 Å². The summed E-state index contributed by atoms with van der Waals surface area (Å²) in [6.07, 6.45) is 0.211. The van der Waals surface area contributed by atoms with Crippen LogP contribution in [-0.2, 0) is 17.8 Å². The summed E-state index contributed by atoms with van der Waals surface area (Å²) in [5.74, 6) is -0.530. The average molecular weight is 460 g/mol. The van der Waals surface area contributed by atoms with Gasteiger partial charge in [0.05, 0.1) is 31.3 Å². The highest BCUT2D eigenvalue weighted by Crippen LogP contribution is 2.28. The van der Waals surface area contributed by atoms with Gasteiger partial charge in [0.15, 0.2) is 0 Å². The molecule has 144 valence electrons. The number of methoxy groups -OCH3 is 1. The van der Waals surface area contributed by atoms with Crippen LogP contribution < -0.4 is 9.64 Å². The second-order valence-electron chi connectivity index (χ2n) is 6.05. The van der Waals surface area contributed by atoms with Crippen LogP contribution in [0.2, 0.25) is 0 Å². The molecule has 3 aromatic rings. The summed E-state index contributed by atoms with van der Waals surface area (Å²) in [6, 6.07) is 16.1. The molecule has 0 bridgehead atoms. The van der Waals surface area contributed by atoms with Crippen LogP contribution in [0.15, 0.2) is 64.5 Å². The summed E-state index contributed by atoms with van der Waals surface area (Å²) in [4.78, 5) is 27.3. The van der Waals surface area contributed by atoms with Crippen molar-refractivity contribution in [3.8, 4) is 5.75 Å². The fourth-order valence-electron chi connectivity index (χ4n) is 2.79. The standard InChI is InChI=1S/C21H18BrNO4S/c1-27-16-7-4-14(5-8-16)13-23(20(24)12-17-3-2-10-28-17)19-9-6-15(22)11-18(19)21(25)26/h2-11H,12-13H2,1H3,(H,25,26). The van der Waals surface area contributed by atoms with E-state index in [1.807, 2.05) is 41.8 Å². The van der Waals surface area contributed by atoms with Crippen molar-refractivity contribution in [3.63, 3.8) is 0 Å². The second-order valence-corrected chi connectivity index (χ2v) is 8.00. The van der Waals surface area contributed by atoms with E-state index in [9.17, 15) is 14.7 Å². The summed E-state index contributed by atoms with van der Waals surface area (Å²) in [7, 11) is 1.59. The zero-order chi connectivity index (χ0) is 20.1. The van der Waals surface area contributed by atoms with Gasteiger partial charge in [-0.3, -0.25) is 4.79 Å². The molecule has 0 radical (unpaired) electrons. The Balaban J connectivity index is 1.98. The van der Waals surface area contributed by atoms with Crippen molar-refractivity contribution < 1.29 is 19.4 Å². The number of anilines is 1. The predicted molar refractivity (Wildman–Crippen MR) is 113 cm³/mol. The highest BCUT2D eigenvalue weighted by atomic mass is 79.9. The minimum atomic E-state index is -1.08. The van der Waals surface area contributed by atoms with Crippen LogP contribution in [0.3, 0.4) is 0 Å². The fourth-order valence-corrected chi connectivity index (χ4v) is 3.85. The van der Waals surface area contributed by atoms with Gasteiger partial charge in [0.1, 0.15) is 5.75 Å². The number of thiophene rings is 1. The molecule has 0 unspecified atom stereocenters. The predicted octanol–water partition coefficient (Wildman–Crippen LogP) is 4.99. The van der Waals surface area contributed by atoms with Crippen molar-refractivity contribution in [3.05, 3.63) is 80.5 Å². The first-order valence-corrected chi connectivity index (χ1v) is 10.1. The minimum absolute atomic E-state index is 0.0717. The highest BCUT2D eigenvalue weighted by molar-refractivity contribution is 9.10. The van der Waals surface area contributed by atoms with Crippen LogP contribution in [0.1, 0.15) is 20.8 Å². The van der Waals surface area contributed by atoms with Gasteiger partial charge in [-0.15, -0.1) is 11.3 Å². The number of carboxylic acids is 1.